The van der Waals surface area contributed by atoms with Gasteiger partial charge >= 0.3 is 5.97 Å². The van der Waals surface area contributed by atoms with Crippen molar-refractivity contribution in [3.05, 3.63) is 57.0 Å². The summed E-state index contributed by atoms with van der Waals surface area (Å²) in [5.74, 6) is -1.27. The number of rotatable bonds is 6. The highest BCUT2D eigenvalue weighted by atomic mass is 35.5. The van der Waals surface area contributed by atoms with Crippen molar-refractivity contribution < 1.29 is 19.1 Å². The Hall–Kier alpha value is -1.98. The van der Waals surface area contributed by atoms with Crippen molar-refractivity contribution in [1.29, 1.82) is 0 Å². The van der Waals surface area contributed by atoms with Gasteiger partial charge in [-0.2, -0.15) is 0 Å². The summed E-state index contributed by atoms with van der Waals surface area (Å²) in [6.45, 7) is 3.54. The molecule has 1 aromatic heterocycles. The van der Waals surface area contributed by atoms with E-state index < -0.39 is 5.97 Å². The lowest BCUT2D eigenvalue weighted by atomic mass is 10.1. The first-order valence-corrected chi connectivity index (χ1v) is 8.07. The number of benzene rings is 1. The van der Waals surface area contributed by atoms with E-state index in [0.717, 1.165) is 5.56 Å². The maximum absolute atomic E-state index is 12.5. The molecule has 0 aliphatic rings. The van der Waals surface area contributed by atoms with Gasteiger partial charge in [-0.25, -0.2) is 0 Å². The topological polar surface area (TPSA) is 79.5 Å². The number of aliphatic carboxylic acids is 1. The van der Waals surface area contributed by atoms with Crippen molar-refractivity contribution in [3.63, 3.8) is 0 Å². The van der Waals surface area contributed by atoms with Gasteiger partial charge in [0, 0.05) is 21.7 Å². The predicted molar refractivity (Wildman–Crippen MR) is 91.9 cm³/mol. The van der Waals surface area contributed by atoms with E-state index in [4.69, 9.17) is 32.7 Å². The van der Waals surface area contributed by atoms with Gasteiger partial charge in [-0.1, -0.05) is 29.3 Å². The highest BCUT2D eigenvalue weighted by molar-refractivity contribution is 6.35. The number of aryl methyl sites for hydroxylation is 1. The molecule has 0 bridgehead atoms. The van der Waals surface area contributed by atoms with Crippen molar-refractivity contribution in [2.45, 2.75) is 32.7 Å². The lowest BCUT2D eigenvalue weighted by Crippen LogP contribution is -2.34. The quantitative estimate of drug-likeness (QED) is 0.809. The fourth-order valence-electron chi connectivity index (χ4n) is 2.43. The standard InChI is InChI=1S/C17H17Cl2NO4/c1-9-8-24-14(7-15(21)22)16(9)17(23)20-10(2)5-11-3-4-12(18)6-13(11)19/h3-4,6,8,10H,5,7H2,1-2H3,(H,20,23)(H,21,22). The van der Waals surface area contributed by atoms with E-state index in [1.54, 1.807) is 19.1 Å². The Bertz CT molecular complexity index is 770. The van der Waals surface area contributed by atoms with Crippen LogP contribution in [0.2, 0.25) is 10.0 Å². The zero-order chi connectivity index (χ0) is 17.9. The van der Waals surface area contributed by atoms with Gasteiger partial charge in [-0.3, -0.25) is 9.59 Å². The number of hydrogen-bond acceptors (Lipinski definition) is 3. The minimum Gasteiger partial charge on any atom is -0.481 e. The Morgan fingerprint density at radius 2 is 2.04 bits per heavy atom. The Morgan fingerprint density at radius 3 is 2.67 bits per heavy atom. The second-order valence-electron chi connectivity index (χ2n) is 5.60. The highest BCUT2D eigenvalue weighted by Crippen LogP contribution is 2.22. The lowest BCUT2D eigenvalue weighted by molar-refractivity contribution is -0.136. The number of nitrogens with one attached hydrogen (secondary N) is 1. The monoisotopic (exact) mass is 369 g/mol. The van der Waals surface area contributed by atoms with Gasteiger partial charge in [-0.05, 0) is 38.0 Å². The van der Waals surface area contributed by atoms with Crippen molar-refractivity contribution >= 4 is 35.1 Å². The molecule has 0 aliphatic carbocycles. The smallest absolute Gasteiger partial charge is 0.311 e. The summed E-state index contributed by atoms with van der Waals surface area (Å²) in [5.41, 5.74) is 1.73. The van der Waals surface area contributed by atoms with Crippen LogP contribution in [0.5, 0.6) is 0 Å². The molecule has 0 aliphatic heterocycles. The molecule has 0 fully saturated rings. The molecule has 2 rings (SSSR count). The zero-order valence-electron chi connectivity index (χ0n) is 13.2. The van der Waals surface area contributed by atoms with E-state index in [-0.39, 0.29) is 29.7 Å². The normalized spacial score (nSPS) is 12.0. The number of furan rings is 1. The molecule has 2 aromatic rings. The van der Waals surface area contributed by atoms with Gasteiger partial charge in [0.1, 0.15) is 12.2 Å². The number of carboxylic acid groups (broad SMARTS) is 1. The number of carboxylic acids is 1. The van der Waals surface area contributed by atoms with E-state index in [9.17, 15) is 9.59 Å². The van der Waals surface area contributed by atoms with Crippen LogP contribution in [0.3, 0.4) is 0 Å². The molecule has 1 unspecified atom stereocenters. The van der Waals surface area contributed by atoms with E-state index in [2.05, 4.69) is 5.32 Å². The second kappa shape index (κ2) is 7.73. The van der Waals surface area contributed by atoms with E-state index in [1.807, 2.05) is 13.0 Å². The van der Waals surface area contributed by atoms with Crippen LogP contribution < -0.4 is 5.32 Å². The van der Waals surface area contributed by atoms with E-state index >= 15 is 0 Å². The third-order valence-electron chi connectivity index (χ3n) is 3.51. The van der Waals surface area contributed by atoms with Crippen LogP contribution in [-0.2, 0) is 17.6 Å². The van der Waals surface area contributed by atoms with Gasteiger partial charge in [-0.15, -0.1) is 0 Å². The molecule has 24 heavy (non-hydrogen) atoms. The summed E-state index contributed by atoms with van der Waals surface area (Å²) in [7, 11) is 0. The number of halogens is 2. The van der Waals surface area contributed by atoms with Crippen LogP contribution in [0.25, 0.3) is 0 Å². The first-order chi connectivity index (χ1) is 11.3. The molecule has 2 N–H and O–H groups in total. The van der Waals surface area contributed by atoms with Crippen LogP contribution in [0.15, 0.2) is 28.9 Å². The van der Waals surface area contributed by atoms with Crippen molar-refractivity contribution in [3.8, 4) is 0 Å². The molecule has 0 spiro atoms. The Balaban J connectivity index is 2.09. The van der Waals surface area contributed by atoms with E-state index in [0.29, 0.717) is 22.0 Å². The number of hydrogen-bond donors (Lipinski definition) is 2. The highest BCUT2D eigenvalue weighted by Gasteiger charge is 2.22. The first-order valence-electron chi connectivity index (χ1n) is 7.31. The predicted octanol–water partition coefficient (Wildman–Crippen LogP) is 3.88. The number of amides is 1. The number of carbonyl (C=O) groups is 2. The Morgan fingerprint density at radius 1 is 1.33 bits per heavy atom. The van der Waals surface area contributed by atoms with Gasteiger partial charge in [0.05, 0.1) is 11.8 Å². The molecule has 5 nitrogen and oxygen atoms in total. The summed E-state index contributed by atoms with van der Waals surface area (Å²) in [4.78, 5) is 23.3. The minimum absolute atomic E-state index is 0.147. The minimum atomic E-state index is -1.06. The summed E-state index contributed by atoms with van der Waals surface area (Å²) in [6.07, 6.45) is 1.56. The van der Waals surface area contributed by atoms with Crippen molar-refractivity contribution in [1.82, 2.24) is 5.32 Å². The van der Waals surface area contributed by atoms with Gasteiger partial charge in [0.15, 0.2) is 0 Å². The molecule has 1 aromatic carbocycles. The molecular weight excluding hydrogens is 353 g/mol. The maximum atomic E-state index is 12.5. The van der Waals surface area contributed by atoms with E-state index in [1.165, 1.54) is 6.26 Å². The van der Waals surface area contributed by atoms with Crippen LogP contribution in [0, 0.1) is 6.92 Å². The fourth-order valence-corrected chi connectivity index (χ4v) is 2.92. The summed E-state index contributed by atoms with van der Waals surface area (Å²) < 4.78 is 5.18. The fraction of sp³-hybridized carbons (Fsp3) is 0.294. The zero-order valence-corrected chi connectivity index (χ0v) is 14.7. The summed E-state index contributed by atoms with van der Waals surface area (Å²) in [5, 5.41) is 12.8. The molecule has 1 atom stereocenters. The maximum Gasteiger partial charge on any atom is 0.311 e. The van der Waals surface area contributed by atoms with Crippen LogP contribution in [0.4, 0.5) is 0 Å². The summed E-state index contributed by atoms with van der Waals surface area (Å²) >= 11 is 12.0. The average Bonchev–Trinajstić information content (AvgIpc) is 2.82. The molecule has 0 saturated heterocycles. The molecule has 128 valence electrons. The molecular formula is C17H17Cl2NO4. The molecule has 0 radical (unpaired) electrons. The van der Waals surface area contributed by atoms with Gasteiger partial charge in [0.25, 0.3) is 5.91 Å². The second-order valence-corrected chi connectivity index (χ2v) is 6.45. The van der Waals surface area contributed by atoms with Gasteiger partial charge < -0.3 is 14.8 Å². The van der Waals surface area contributed by atoms with Crippen LogP contribution >= 0.6 is 23.2 Å². The average molecular weight is 370 g/mol. The Labute approximate surface area is 149 Å². The molecule has 7 heteroatoms. The third-order valence-corrected chi connectivity index (χ3v) is 4.10. The van der Waals surface area contributed by atoms with Crippen molar-refractivity contribution in [2.75, 3.05) is 0 Å². The molecule has 1 amide bonds. The lowest BCUT2D eigenvalue weighted by Gasteiger charge is -2.15. The van der Waals surface area contributed by atoms with Crippen LogP contribution in [0.1, 0.15) is 34.2 Å². The molecule has 0 saturated carbocycles. The largest absolute Gasteiger partial charge is 0.481 e. The van der Waals surface area contributed by atoms with Gasteiger partial charge in [0.2, 0.25) is 0 Å². The third kappa shape index (κ3) is 4.52. The first kappa shape index (κ1) is 18.4. The number of carbonyl (C=O) groups excluding carboxylic acids is 1. The van der Waals surface area contributed by atoms with Crippen molar-refractivity contribution in [2.24, 2.45) is 0 Å². The Kier molecular flexibility index (Phi) is 5.91. The SMILES string of the molecule is Cc1coc(CC(=O)O)c1C(=O)NC(C)Cc1ccc(Cl)cc1Cl. The summed E-state index contributed by atoms with van der Waals surface area (Å²) in [6, 6.07) is 5.00. The van der Waals surface area contributed by atoms with Crippen LogP contribution in [-0.4, -0.2) is 23.0 Å². The molecule has 1 heterocycles.